The molecular weight excluding hydrogens is 414 g/mol. The lowest BCUT2D eigenvalue weighted by Gasteiger charge is -2.38. The Kier molecular flexibility index (Phi) is 5.95. The van der Waals surface area contributed by atoms with Gasteiger partial charge in [0.05, 0.1) is 19.8 Å². The Morgan fingerprint density at radius 2 is 2.10 bits per heavy atom. The van der Waals surface area contributed by atoms with Crippen LogP contribution in [0.4, 0.5) is 0 Å². The van der Waals surface area contributed by atoms with Gasteiger partial charge in [0, 0.05) is 48.2 Å². The number of rotatable bonds is 7. The molecular formula is C22H32N5O3S+. The van der Waals surface area contributed by atoms with Gasteiger partial charge in [0.2, 0.25) is 15.9 Å². The van der Waals surface area contributed by atoms with Gasteiger partial charge in [0.1, 0.15) is 12.0 Å². The van der Waals surface area contributed by atoms with E-state index >= 15 is 0 Å². The van der Waals surface area contributed by atoms with Crippen LogP contribution in [0.1, 0.15) is 25.0 Å². The Balaban J connectivity index is 1.57. The Morgan fingerprint density at radius 3 is 2.81 bits per heavy atom. The largest absolute Gasteiger partial charge is 0.361 e. The predicted molar refractivity (Wildman–Crippen MR) is 122 cm³/mol. The summed E-state index contributed by atoms with van der Waals surface area (Å²) >= 11 is 0. The maximum atomic E-state index is 13.4. The van der Waals surface area contributed by atoms with Gasteiger partial charge < -0.3 is 9.88 Å². The monoisotopic (exact) mass is 446 g/mol. The highest BCUT2D eigenvalue weighted by Gasteiger charge is 2.40. The molecule has 9 heteroatoms. The summed E-state index contributed by atoms with van der Waals surface area (Å²) in [6.45, 7) is 5.22. The SMILES string of the molecule is CC(C)N(NCCNS(C)(=O)=O)C(=O)[C@@H]1C=C2c3cccc4[nH]cc(c34)C[C@H]2[NH+](C)C1. The van der Waals surface area contributed by atoms with E-state index in [1.54, 1.807) is 5.01 Å². The molecule has 0 fully saturated rings. The number of sulfonamides is 1. The number of likely N-dealkylation sites (N-methyl/N-ethyl adjacent to an activating group) is 1. The minimum Gasteiger partial charge on any atom is -0.361 e. The van der Waals surface area contributed by atoms with Crippen molar-refractivity contribution in [2.24, 2.45) is 5.92 Å². The molecule has 0 radical (unpaired) electrons. The normalized spacial score (nSPS) is 23.0. The Labute approximate surface area is 183 Å². The number of hydrogen-bond donors (Lipinski definition) is 4. The van der Waals surface area contributed by atoms with Gasteiger partial charge in [-0.3, -0.25) is 9.80 Å². The van der Waals surface area contributed by atoms with Gasteiger partial charge in [0.25, 0.3) is 0 Å². The zero-order chi connectivity index (χ0) is 22.3. The van der Waals surface area contributed by atoms with Crippen molar-refractivity contribution in [2.45, 2.75) is 32.4 Å². The number of H-pyrrole nitrogens is 1. The lowest BCUT2D eigenvalue weighted by Crippen LogP contribution is -3.15. The first-order valence-electron chi connectivity index (χ1n) is 10.8. The topological polar surface area (TPSA) is 98.7 Å². The molecule has 1 aromatic carbocycles. The number of quaternary nitrogens is 1. The lowest BCUT2D eigenvalue weighted by atomic mass is 9.79. The number of carbonyl (C=O) groups excluding carboxylic acids is 1. The highest BCUT2D eigenvalue weighted by molar-refractivity contribution is 7.88. The number of aromatic nitrogens is 1. The summed E-state index contributed by atoms with van der Waals surface area (Å²) in [5, 5.41) is 2.92. The second kappa shape index (κ2) is 8.38. The van der Waals surface area contributed by atoms with E-state index in [0.29, 0.717) is 12.6 Å². The van der Waals surface area contributed by atoms with E-state index in [4.69, 9.17) is 0 Å². The maximum Gasteiger partial charge on any atom is 0.249 e. The van der Waals surface area contributed by atoms with Crippen LogP contribution in [0.3, 0.4) is 0 Å². The lowest BCUT2D eigenvalue weighted by molar-refractivity contribution is -0.900. The molecule has 3 atom stereocenters. The average Bonchev–Trinajstić information content (AvgIpc) is 3.11. The minimum atomic E-state index is -3.25. The summed E-state index contributed by atoms with van der Waals surface area (Å²) < 4.78 is 25.0. The first kappa shape index (κ1) is 22.0. The molecule has 1 aromatic heterocycles. The first-order valence-corrected chi connectivity index (χ1v) is 12.7. The number of carbonyl (C=O) groups is 1. The van der Waals surface area contributed by atoms with Crippen molar-refractivity contribution in [1.82, 2.24) is 20.1 Å². The fraction of sp³-hybridized carbons (Fsp3) is 0.500. The van der Waals surface area contributed by atoms with Crippen molar-refractivity contribution in [2.75, 3.05) is 32.9 Å². The van der Waals surface area contributed by atoms with Crippen molar-refractivity contribution in [3.63, 3.8) is 0 Å². The van der Waals surface area contributed by atoms with E-state index in [9.17, 15) is 13.2 Å². The Morgan fingerprint density at radius 1 is 1.32 bits per heavy atom. The van der Waals surface area contributed by atoms with E-state index in [0.717, 1.165) is 24.7 Å². The van der Waals surface area contributed by atoms with Crippen LogP contribution in [0.2, 0.25) is 0 Å². The third-order valence-corrected chi connectivity index (χ3v) is 6.99. The van der Waals surface area contributed by atoms with Crippen LogP contribution in [0.15, 0.2) is 30.5 Å². The number of nitrogens with one attached hydrogen (secondary N) is 4. The van der Waals surface area contributed by atoms with Gasteiger partial charge in [-0.2, -0.15) is 0 Å². The molecule has 4 N–H and O–H groups in total. The van der Waals surface area contributed by atoms with E-state index < -0.39 is 10.0 Å². The van der Waals surface area contributed by atoms with Crippen molar-refractivity contribution in [3.05, 3.63) is 41.6 Å². The van der Waals surface area contributed by atoms with E-state index in [-0.39, 0.29) is 24.4 Å². The van der Waals surface area contributed by atoms with Crippen molar-refractivity contribution in [1.29, 1.82) is 0 Å². The Bertz CT molecular complexity index is 1120. The summed E-state index contributed by atoms with van der Waals surface area (Å²) in [4.78, 5) is 18.2. The van der Waals surface area contributed by atoms with Crippen molar-refractivity contribution >= 4 is 32.4 Å². The van der Waals surface area contributed by atoms with Crippen LogP contribution in [-0.4, -0.2) is 69.3 Å². The van der Waals surface area contributed by atoms with Crippen LogP contribution in [0.25, 0.3) is 16.5 Å². The fourth-order valence-corrected chi connectivity index (χ4v) is 5.32. The molecule has 4 rings (SSSR count). The van der Waals surface area contributed by atoms with Gasteiger partial charge in [-0.25, -0.2) is 18.6 Å². The molecule has 0 saturated carbocycles. The maximum absolute atomic E-state index is 13.4. The molecule has 0 bridgehead atoms. The molecule has 0 saturated heterocycles. The van der Waals surface area contributed by atoms with Crippen LogP contribution in [0, 0.1) is 5.92 Å². The molecule has 168 valence electrons. The van der Waals surface area contributed by atoms with Crippen molar-refractivity contribution < 1.29 is 18.1 Å². The van der Waals surface area contributed by atoms with E-state index in [2.05, 4.69) is 52.7 Å². The molecule has 0 spiro atoms. The second-order valence-corrected chi connectivity index (χ2v) is 10.8. The summed E-state index contributed by atoms with van der Waals surface area (Å²) in [5.41, 5.74) is 8.09. The second-order valence-electron chi connectivity index (χ2n) is 8.95. The van der Waals surface area contributed by atoms with Crippen molar-refractivity contribution in [3.8, 4) is 0 Å². The number of hydrazine groups is 1. The van der Waals surface area contributed by atoms with Gasteiger partial charge in [0.15, 0.2) is 0 Å². The molecule has 1 aliphatic heterocycles. The minimum absolute atomic E-state index is 0.0201. The number of amides is 1. The highest BCUT2D eigenvalue weighted by Crippen LogP contribution is 2.37. The summed E-state index contributed by atoms with van der Waals surface area (Å²) in [5.74, 6) is -0.216. The number of hydrogen-bond acceptors (Lipinski definition) is 4. The fourth-order valence-electron chi connectivity index (χ4n) is 4.85. The molecule has 2 aromatic rings. The number of fused-ring (bicyclic) bond motifs is 2. The summed E-state index contributed by atoms with van der Waals surface area (Å²) in [7, 11) is -1.09. The van der Waals surface area contributed by atoms with Gasteiger partial charge in [-0.1, -0.05) is 18.2 Å². The molecule has 2 aliphatic rings. The van der Waals surface area contributed by atoms with Gasteiger partial charge in [-0.15, -0.1) is 0 Å². The average molecular weight is 447 g/mol. The molecule has 1 amide bonds. The van der Waals surface area contributed by atoms with Crippen LogP contribution >= 0.6 is 0 Å². The van der Waals surface area contributed by atoms with Crippen LogP contribution < -0.4 is 15.0 Å². The summed E-state index contributed by atoms with van der Waals surface area (Å²) in [6, 6.07) is 6.62. The zero-order valence-electron chi connectivity index (χ0n) is 18.5. The molecule has 2 heterocycles. The van der Waals surface area contributed by atoms with Gasteiger partial charge in [-0.05, 0) is 31.0 Å². The van der Waals surface area contributed by atoms with E-state index in [1.807, 2.05) is 13.8 Å². The number of nitrogens with zero attached hydrogens (tertiary/aromatic N) is 1. The van der Waals surface area contributed by atoms with Crippen LogP contribution in [-0.2, 0) is 21.2 Å². The molecule has 1 unspecified atom stereocenters. The molecule has 1 aliphatic carbocycles. The predicted octanol–water partition coefficient (Wildman–Crippen LogP) is -0.0887. The quantitative estimate of drug-likeness (QED) is 0.353. The smallest absolute Gasteiger partial charge is 0.249 e. The van der Waals surface area contributed by atoms with Gasteiger partial charge >= 0.3 is 0 Å². The molecule has 31 heavy (non-hydrogen) atoms. The number of aromatic amines is 1. The number of benzene rings is 1. The molecule has 8 nitrogen and oxygen atoms in total. The third kappa shape index (κ3) is 4.41. The zero-order valence-corrected chi connectivity index (χ0v) is 19.3. The van der Waals surface area contributed by atoms with Crippen LogP contribution in [0.5, 0.6) is 0 Å². The summed E-state index contributed by atoms with van der Waals surface area (Å²) in [6.07, 6.45) is 6.38. The highest BCUT2D eigenvalue weighted by atomic mass is 32.2. The third-order valence-electron chi connectivity index (χ3n) is 6.26. The standard InChI is InChI=1S/C22H31N5O3S/c1-14(2)27(24-8-9-25-31(4,29)30)22(28)16-10-18-17-6-5-7-19-21(17)15(12-23-19)11-20(18)26(3)13-16/h5-7,10,12,14,16,20,23-25H,8-9,11,13H2,1-4H3/p+1/t16-,20-/m1/s1. The first-order chi connectivity index (χ1) is 14.7. The van der Waals surface area contributed by atoms with E-state index in [1.165, 1.54) is 27.0 Å². The Hall–Kier alpha value is -2.20.